The number of likely N-dealkylation sites (N-methyl/N-ethyl adjacent to an activating group) is 1. The molecule has 1 amide bonds. The first-order valence-electron chi connectivity index (χ1n) is 8.13. The Morgan fingerprint density at radius 2 is 1.85 bits per heavy atom. The fraction of sp³-hybridized carbons (Fsp3) is 0.211. The summed E-state index contributed by atoms with van der Waals surface area (Å²) in [4.78, 5) is 30.9. The second kappa shape index (κ2) is 8.41. The third-order valence-electron chi connectivity index (χ3n) is 3.88. The average Bonchev–Trinajstić information content (AvgIpc) is 3.07. The van der Waals surface area contributed by atoms with Gasteiger partial charge in [0, 0.05) is 13.3 Å². The monoisotopic (exact) mass is 402 g/mol. The van der Waals surface area contributed by atoms with Gasteiger partial charge in [-0.3, -0.25) is 9.00 Å². The molecule has 6 nitrogen and oxygen atoms in total. The molecule has 0 aliphatic carbocycles. The van der Waals surface area contributed by atoms with Gasteiger partial charge < -0.3 is 9.64 Å². The largest absolute Gasteiger partial charge is 0.452 e. The first kappa shape index (κ1) is 19.2. The number of benzene rings is 2. The Bertz CT molecular complexity index is 983. The fourth-order valence-corrected chi connectivity index (χ4v) is 4.23. The van der Waals surface area contributed by atoms with Gasteiger partial charge in [-0.25, -0.2) is 9.78 Å². The number of amides is 1. The van der Waals surface area contributed by atoms with E-state index < -0.39 is 16.8 Å². The van der Waals surface area contributed by atoms with Gasteiger partial charge >= 0.3 is 5.97 Å². The lowest BCUT2D eigenvalue weighted by molar-refractivity contribution is -0.133. The summed E-state index contributed by atoms with van der Waals surface area (Å²) in [5.74, 6) is -1.000. The van der Waals surface area contributed by atoms with Crippen LogP contribution < -0.4 is 0 Å². The summed E-state index contributed by atoms with van der Waals surface area (Å²) in [5.41, 5.74) is 1.11. The van der Waals surface area contributed by atoms with Gasteiger partial charge in [0.1, 0.15) is 5.01 Å². The maximum Gasteiger partial charge on any atom is 0.339 e. The first-order valence-corrected chi connectivity index (χ1v) is 10.5. The lowest BCUT2D eigenvalue weighted by Crippen LogP contribution is -2.30. The number of carbonyl (C=O) groups excluding carboxylic acids is 2. The van der Waals surface area contributed by atoms with Crippen LogP contribution in [0.1, 0.15) is 15.4 Å². The van der Waals surface area contributed by atoms with Crippen LogP contribution in [0.3, 0.4) is 0 Å². The number of esters is 1. The van der Waals surface area contributed by atoms with Crippen LogP contribution in [-0.4, -0.2) is 45.9 Å². The van der Waals surface area contributed by atoms with Gasteiger partial charge in [-0.15, -0.1) is 11.3 Å². The second-order valence-electron chi connectivity index (χ2n) is 5.85. The van der Waals surface area contributed by atoms with Gasteiger partial charge in [-0.05, 0) is 24.3 Å². The minimum Gasteiger partial charge on any atom is -0.452 e. The standard InChI is InChI=1S/C19H18N2O4S2/c1-21(11-17-20-14-8-4-5-9-15(14)26-17)18(22)12-25-19(23)13-7-3-6-10-16(13)27(2)24/h3-10H,11-12H2,1-2H3/t27-/m0/s1. The molecule has 8 heteroatoms. The molecule has 140 valence electrons. The molecular formula is C19H18N2O4S2. The first-order chi connectivity index (χ1) is 13.0. The molecule has 0 bridgehead atoms. The van der Waals surface area contributed by atoms with Crippen molar-refractivity contribution in [3.8, 4) is 0 Å². The van der Waals surface area contributed by atoms with Crippen LogP contribution >= 0.6 is 11.3 Å². The van der Waals surface area contributed by atoms with Gasteiger partial charge in [0.15, 0.2) is 6.61 Å². The number of hydrogen-bond donors (Lipinski definition) is 0. The maximum atomic E-state index is 12.3. The van der Waals surface area contributed by atoms with Crippen molar-refractivity contribution < 1.29 is 18.5 Å². The Morgan fingerprint density at radius 1 is 1.15 bits per heavy atom. The van der Waals surface area contributed by atoms with Crippen molar-refractivity contribution in [1.29, 1.82) is 0 Å². The topological polar surface area (TPSA) is 76.6 Å². The second-order valence-corrected chi connectivity index (χ2v) is 8.31. The molecular weight excluding hydrogens is 384 g/mol. The highest BCUT2D eigenvalue weighted by Crippen LogP contribution is 2.22. The highest BCUT2D eigenvalue weighted by molar-refractivity contribution is 7.84. The molecule has 0 N–H and O–H groups in total. The van der Waals surface area contributed by atoms with E-state index in [2.05, 4.69) is 4.98 Å². The third-order valence-corrected chi connectivity index (χ3v) is 5.88. The number of para-hydroxylation sites is 1. The highest BCUT2D eigenvalue weighted by atomic mass is 32.2. The highest BCUT2D eigenvalue weighted by Gasteiger charge is 2.18. The van der Waals surface area contributed by atoms with E-state index >= 15 is 0 Å². The molecule has 1 heterocycles. The lowest BCUT2D eigenvalue weighted by Gasteiger charge is -2.15. The Hall–Kier alpha value is -2.58. The van der Waals surface area contributed by atoms with E-state index in [9.17, 15) is 13.8 Å². The third kappa shape index (κ3) is 4.58. The number of fused-ring (bicyclic) bond motifs is 1. The number of rotatable bonds is 6. The molecule has 0 spiro atoms. The fourth-order valence-electron chi connectivity index (χ4n) is 2.48. The number of carbonyl (C=O) groups is 2. The van der Waals surface area contributed by atoms with Gasteiger partial charge in [-0.1, -0.05) is 24.3 Å². The average molecular weight is 402 g/mol. The molecule has 27 heavy (non-hydrogen) atoms. The number of aromatic nitrogens is 1. The molecule has 1 aromatic heterocycles. The van der Waals surface area contributed by atoms with Crippen molar-refractivity contribution in [3.05, 3.63) is 59.1 Å². The predicted molar refractivity (Wildman–Crippen MR) is 105 cm³/mol. The Morgan fingerprint density at radius 3 is 2.59 bits per heavy atom. The molecule has 0 radical (unpaired) electrons. The van der Waals surface area contributed by atoms with Crippen molar-refractivity contribution in [1.82, 2.24) is 9.88 Å². The van der Waals surface area contributed by atoms with E-state index in [1.165, 1.54) is 28.6 Å². The quantitative estimate of drug-likeness (QED) is 0.593. The van der Waals surface area contributed by atoms with E-state index in [-0.39, 0.29) is 18.1 Å². The Kier molecular flexibility index (Phi) is 5.98. The normalized spacial score (nSPS) is 11.9. The molecule has 3 aromatic rings. The van der Waals surface area contributed by atoms with Crippen LogP contribution in [0.4, 0.5) is 0 Å². The summed E-state index contributed by atoms with van der Waals surface area (Å²) in [6.45, 7) is -0.0454. The minimum absolute atomic E-state index is 0.208. The van der Waals surface area contributed by atoms with E-state index in [0.29, 0.717) is 11.4 Å². The molecule has 0 aliphatic rings. The summed E-state index contributed by atoms with van der Waals surface area (Å²) < 4.78 is 17.9. The van der Waals surface area contributed by atoms with E-state index in [1.807, 2.05) is 24.3 Å². The van der Waals surface area contributed by atoms with Crippen molar-refractivity contribution in [3.63, 3.8) is 0 Å². The van der Waals surface area contributed by atoms with Gasteiger partial charge in [0.05, 0.1) is 38.0 Å². The molecule has 0 saturated carbocycles. The molecule has 0 saturated heterocycles. The SMILES string of the molecule is CN(Cc1nc2ccccc2s1)C(=O)COC(=O)c1ccccc1[S@](C)=O. The lowest BCUT2D eigenvalue weighted by atomic mass is 10.2. The van der Waals surface area contributed by atoms with Crippen LogP contribution in [0.25, 0.3) is 10.2 Å². The zero-order valence-corrected chi connectivity index (χ0v) is 16.5. The smallest absolute Gasteiger partial charge is 0.339 e. The molecule has 0 aliphatic heterocycles. The molecule has 0 unspecified atom stereocenters. The maximum absolute atomic E-state index is 12.3. The molecule has 2 aromatic carbocycles. The molecule has 0 fully saturated rings. The molecule has 1 atom stereocenters. The van der Waals surface area contributed by atoms with Gasteiger partial charge in [-0.2, -0.15) is 0 Å². The van der Waals surface area contributed by atoms with Crippen molar-refractivity contribution in [2.75, 3.05) is 19.9 Å². The summed E-state index contributed by atoms with van der Waals surface area (Å²) in [6.07, 6.45) is 1.49. The van der Waals surface area contributed by atoms with Gasteiger partial charge in [0.25, 0.3) is 5.91 Å². The van der Waals surface area contributed by atoms with Crippen molar-refractivity contribution >= 4 is 44.2 Å². The Balaban J connectivity index is 1.60. The van der Waals surface area contributed by atoms with Crippen molar-refractivity contribution in [2.24, 2.45) is 0 Å². The summed E-state index contributed by atoms with van der Waals surface area (Å²) >= 11 is 1.52. The van der Waals surface area contributed by atoms with Crippen LogP contribution in [0, 0.1) is 0 Å². The van der Waals surface area contributed by atoms with Crippen LogP contribution in [0.2, 0.25) is 0 Å². The van der Waals surface area contributed by atoms with E-state index in [1.54, 1.807) is 25.2 Å². The van der Waals surface area contributed by atoms with Crippen LogP contribution in [0.15, 0.2) is 53.4 Å². The zero-order chi connectivity index (χ0) is 19.4. The summed E-state index contributed by atoms with van der Waals surface area (Å²) in [5, 5.41) is 0.810. The Labute approximate surface area is 163 Å². The number of thiazole rings is 1. The zero-order valence-electron chi connectivity index (χ0n) is 14.9. The van der Waals surface area contributed by atoms with E-state index in [4.69, 9.17) is 4.74 Å². The summed E-state index contributed by atoms with van der Waals surface area (Å²) in [6, 6.07) is 14.3. The van der Waals surface area contributed by atoms with Crippen LogP contribution in [0.5, 0.6) is 0 Å². The predicted octanol–water partition coefficient (Wildman–Crippen LogP) is 2.85. The van der Waals surface area contributed by atoms with E-state index in [0.717, 1.165) is 15.2 Å². The minimum atomic E-state index is -1.32. The molecule has 3 rings (SSSR count). The number of hydrogen-bond acceptors (Lipinski definition) is 6. The summed E-state index contributed by atoms with van der Waals surface area (Å²) in [7, 11) is 0.315. The number of ether oxygens (including phenoxy) is 1. The van der Waals surface area contributed by atoms with Crippen molar-refractivity contribution in [2.45, 2.75) is 11.4 Å². The number of nitrogens with zero attached hydrogens (tertiary/aromatic N) is 2. The van der Waals surface area contributed by atoms with Gasteiger partial charge in [0.2, 0.25) is 0 Å². The van der Waals surface area contributed by atoms with Crippen LogP contribution in [-0.2, 0) is 26.9 Å².